The molecule has 2 N–H and O–H groups in total. The number of H-pyrrole nitrogens is 1. The molecule has 6 nitrogen and oxygen atoms in total. The Morgan fingerprint density at radius 1 is 1.20 bits per heavy atom. The molecule has 4 rings (SSSR count). The maximum atomic E-state index is 13.1. The van der Waals surface area contributed by atoms with Gasteiger partial charge in [-0.1, -0.05) is 47.5 Å². The van der Waals surface area contributed by atoms with Crippen LogP contribution in [0.15, 0.2) is 53.4 Å². The highest BCUT2D eigenvalue weighted by Crippen LogP contribution is 2.29. The van der Waals surface area contributed by atoms with E-state index in [4.69, 9.17) is 11.6 Å². The average molecular weight is 446 g/mol. The summed E-state index contributed by atoms with van der Waals surface area (Å²) in [6.07, 6.45) is 1.68. The van der Waals surface area contributed by atoms with E-state index in [0.717, 1.165) is 29.3 Å². The first-order chi connectivity index (χ1) is 14.3. The molecule has 0 spiro atoms. The summed E-state index contributed by atoms with van der Waals surface area (Å²) in [5.41, 5.74) is 2.22. The molecule has 1 saturated heterocycles. The van der Waals surface area contributed by atoms with Gasteiger partial charge in [-0.15, -0.1) is 0 Å². The van der Waals surface area contributed by atoms with Gasteiger partial charge in [-0.3, -0.25) is 4.79 Å². The van der Waals surface area contributed by atoms with E-state index in [1.54, 1.807) is 29.2 Å². The Hall–Kier alpha value is -2.35. The lowest BCUT2D eigenvalue weighted by molar-refractivity contribution is 0.0671. The van der Waals surface area contributed by atoms with E-state index >= 15 is 0 Å². The predicted octanol–water partition coefficient (Wildman–Crippen LogP) is 3.96. The van der Waals surface area contributed by atoms with Crippen LogP contribution in [0.4, 0.5) is 0 Å². The maximum Gasteiger partial charge on any atom is 0.271 e. The lowest BCUT2D eigenvalue weighted by Gasteiger charge is -2.32. The van der Waals surface area contributed by atoms with Crippen molar-refractivity contribution in [2.75, 3.05) is 19.6 Å². The largest absolute Gasteiger partial charge is 0.349 e. The number of halogens is 1. The summed E-state index contributed by atoms with van der Waals surface area (Å²) in [6, 6.07) is 14.3. The number of benzene rings is 2. The zero-order valence-corrected chi connectivity index (χ0v) is 18.3. The highest BCUT2D eigenvalue weighted by Gasteiger charge is 2.28. The molecule has 3 aromatic rings. The van der Waals surface area contributed by atoms with Crippen LogP contribution in [0.5, 0.6) is 0 Å². The monoisotopic (exact) mass is 445 g/mol. The first-order valence-electron chi connectivity index (χ1n) is 9.97. The van der Waals surface area contributed by atoms with Gasteiger partial charge in [0.15, 0.2) is 0 Å². The Morgan fingerprint density at radius 2 is 1.93 bits per heavy atom. The molecule has 1 atom stereocenters. The minimum Gasteiger partial charge on any atom is -0.349 e. The molecule has 2 aromatic carbocycles. The van der Waals surface area contributed by atoms with E-state index in [2.05, 4.69) is 9.71 Å². The molecule has 1 aromatic heterocycles. The molecular formula is C22H24ClN3O3S. The number of para-hydroxylation sites is 1. The highest BCUT2D eigenvalue weighted by atomic mass is 35.5. The highest BCUT2D eigenvalue weighted by molar-refractivity contribution is 7.89. The summed E-state index contributed by atoms with van der Waals surface area (Å²) in [6.45, 7) is 3.32. The molecule has 0 radical (unpaired) electrons. The molecular weight excluding hydrogens is 422 g/mol. The van der Waals surface area contributed by atoms with Crippen molar-refractivity contribution in [3.63, 3.8) is 0 Å². The Bertz CT molecular complexity index is 1170. The first kappa shape index (κ1) is 20.9. The molecule has 1 aliphatic rings. The minimum atomic E-state index is -3.57. The quantitative estimate of drug-likeness (QED) is 0.623. The third-order valence-electron chi connectivity index (χ3n) is 5.56. The Labute approximate surface area is 181 Å². The molecule has 1 fully saturated rings. The molecule has 158 valence electrons. The predicted molar refractivity (Wildman–Crippen MR) is 118 cm³/mol. The number of carbonyl (C=O) groups excluding carboxylic acids is 1. The van der Waals surface area contributed by atoms with Crippen LogP contribution in [0.1, 0.15) is 28.9 Å². The van der Waals surface area contributed by atoms with E-state index < -0.39 is 10.0 Å². The number of hydrogen-bond donors (Lipinski definition) is 2. The van der Waals surface area contributed by atoms with Crippen LogP contribution in [0, 0.1) is 12.8 Å². The van der Waals surface area contributed by atoms with Crippen molar-refractivity contribution in [3.05, 3.63) is 64.8 Å². The summed E-state index contributed by atoms with van der Waals surface area (Å²) in [7, 11) is -3.57. The van der Waals surface area contributed by atoms with E-state index in [-0.39, 0.29) is 16.7 Å². The van der Waals surface area contributed by atoms with Crippen LogP contribution in [-0.4, -0.2) is 43.8 Å². The summed E-state index contributed by atoms with van der Waals surface area (Å²) in [5.74, 6) is -0.103. The van der Waals surface area contributed by atoms with Crippen molar-refractivity contribution >= 4 is 38.4 Å². The smallest absolute Gasteiger partial charge is 0.271 e. The number of amides is 1. The lowest BCUT2D eigenvalue weighted by Crippen LogP contribution is -2.43. The average Bonchev–Trinajstić information content (AvgIpc) is 3.09. The van der Waals surface area contributed by atoms with Gasteiger partial charge in [0, 0.05) is 30.5 Å². The van der Waals surface area contributed by atoms with Gasteiger partial charge in [-0.2, -0.15) is 0 Å². The van der Waals surface area contributed by atoms with Gasteiger partial charge in [0.25, 0.3) is 5.91 Å². The molecule has 30 heavy (non-hydrogen) atoms. The Balaban J connectivity index is 1.43. The number of aryl methyl sites for hydroxylation is 1. The fraction of sp³-hybridized carbons (Fsp3) is 0.318. The third kappa shape index (κ3) is 4.24. The maximum absolute atomic E-state index is 13.1. The van der Waals surface area contributed by atoms with Crippen LogP contribution in [0.3, 0.4) is 0 Å². The second kappa shape index (κ2) is 8.41. The summed E-state index contributed by atoms with van der Waals surface area (Å²) < 4.78 is 27.8. The molecule has 0 aliphatic carbocycles. The Kier molecular flexibility index (Phi) is 5.86. The van der Waals surface area contributed by atoms with Crippen LogP contribution >= 0.6 is 11.6 Å². The topological polar surface area (TPSA) is 82.3 Å². The number of sulfonamides is 1. The zero-order valence-electron chi connectivity index (χ0n) is 16.7. The molecule has 1 aliphatic heterocycles. The molecule has 8 heteroatoms. The number of likely N-dealkylation sites (tertiary alicyclic amines) is 1. The summed E-state index contributed by atoms with van der Waals surface area (Å²) in [5, 5.41) is 1.25. The van der Waals surface area contributed by atoms with Crippen LogP contribution < -0.4 is 4.72 Å². The number of piperidine rings is 1. The van der Waals surface area contributed by atoms with E-state index in [1.165, 1.54) is 0 Å². The summed E-state index contributed by atoms with van der Waals surface area (Å²) >= 11 is 6.44. The second-order valence-electron chi connectivity index (χ2n) is 7.78. The van der Waals surface area contributed by atoms with Crippen molar-refractivity contribution in [2.24, 2.45) is 5.92 Å². The fourth-order valence-corrected chi connectivity index (χ4v) is 5.27. The van der Waals surface area contributed by atoms with Crippen LogP contribution in [-0.2, 0) is 10.0 Å². The van der Waals surface area contributed by atoms with Gasteiger partial charge in [0.2, 0.25) is 10.0 Å². The molecule has 1 unspecified atom stereocenters. The van der Waals surface area contributed by atoms with Crippen molar-refractivity contribution in [1.82, 2.24) is 14.6 Å². The number of rotatable bonds is 5. The second-order valence-corrected chi connectivity index (χ2v) is 9.93. The van der Waals surface area contributed by atoms with Gasteiger partial charge in [-0.05, 0) is 43.9 Å². The molecule has 0 bridgehead atoms. The van der Waals surface area contributed by atoms with Crippen molar-refractivity contribution in [1.29, 1.82) is 0 Å². The van der Waals surface area contributed by atoms with Gasteiger partial charge >= 0.3 is 0 Å². The number of fused-ring (bicyclic) bond motifs is 1. The standard InChI is InChI=1S/C22H24ClN3O3S/c1-15-8-10-17(11-9-15)30(28,29)24-13-16-5-4-12-26(14-16)22(27)21-20(23)18-6-2-3-7-19(18)25-21/h2-3,6-11,16,24-25H,4-5,12-14H2,1H3. The summed E-state index contributed by atoms with van der Waals surface area (Å²) in [4.78, 5) is 18.2. The minimum absolute atomic E-state index is 0.0473. The zero-order chi connectivity index (χ0) is 21.3. The van der Waals surface area contributed by atoms with Crippen molar-refractivity contribution < 1.29 is 13.2 Å². The number of nitrogens with one attached hydrogen (secondary N) is 2. The number of nitrogens with zero attached hydrogens (tertiary/aromatic N) is 1. The van der Waals surface area contributed by atoms with Gasteiger partial charge in [0.1, 0.15) is 5.69 Å². The van der Waals surface area contributed by atoms with Gasteiger partial charge in [0.05, 0.1) is 9.92 Å². The SMILES string of the molecule is Cc1ccc(S(=O)(=O)NCC2CCCN(C(=O)c3[nH]c4ccccc4c3Cl)C2)cc1. The number of carbonyl (C=O) groups is 1. The third-order valence-corrected chi connectivity index (χ3v) is 7.39. The van der Waals surface area contributed by atoms with Gasteiger partial charge < -0.3 is 9.88 Å². The molecule has 2 heterocycles. The molecule has 1 amide bonds. The Morgan fingerprint density at radius 3 is 2.67 bits per heavy atom. The van der Waals surface area contributed by atoms with Crippen molar-refractivity contribution in [3.8, 4) is 0 Å². The lowest BCUT2D eigenvalue weighted by atomic mass is 9.98. The number of aromatic amines is 1. The number of aromatic nitrogens is 1. The molecule has 0 saturated carbocycles. The first-order valence-corrected chi connectivity index (χ1v) is 11.8. The van der Waals surface area contributed by atoms with E-state index in [1.807, 2.05) is 31.2 Å². The van der Waals surface area contributed by atoms with Gasteiger partial charge in [-0.25, -0.2) is 13.1 Å². The van der Waals surface area contributed by atoms with Crippen LogP contribution in [0.25, 0.3) is 10.9 Å². The fourth-order valence-electron chi connectivity index (χ4n) is 3.86. The van der Waals surface area contributed by atoms with E-state index in [0.29, 0.717) is 30.4 Å². The normalized spacial score (nSPS) is 17.4. The van der Waals surface area contributed by atoms with Crippen LogP contribution in [0.2, 0.25) is 5.02 Å². The number of hydrogen-bond acceptors (Lipinski definition) is 3. The van der Waals surface area contributed by atoms with E-state index in [9.17, 15) is 13.2 Å². The van der Waals surface area contributed by atoms with Crippen molar-refractivity contribution in [2.45, 2.75) is 24.7 Å².